The van der Waals surface area contributed by atoms with E-state index in [-0.39, 0.29) is 23.8 Å². The zero-order chi connectivity index (χ0) is 18.1. The fourth-order valence-electron chi connectivity index (χ4n) is 3.62. The van der Waals surface area contributed by atoms with Crippen molar-refractivity contribution in [2.45, 2.75) is 32.9 Å². The minimum Gasteiger partial charge on any atom is -0.336 e. The van der Waals surface area contributed by atoms with Gasteiger partial charge in [0.1, 0.15) is 0 Å². The molecule has 0 unspecified atom stereocenters. The minimum absolute atomic E-state index is 0.0311. The van der Waals surface area contributed by atoms with Gasteiger partial charge in [0, 0.05) is 38.6 Å². The van der Waals surface area contributed by atoms with Gasteiger partial charge < -0.3 is 14.4 Å². The van der Waals surface area contributed by atoms with Crippen LogP contribution in [-0.4, -0.2) is 50.8 Å². The Morgan fingerprint density at radius 1 is 1.19 bits per heavy atom. The van der Waals surface area contributed by atoms with Gasteiger partial charge in [-0.25, -0.2) is 4.98 Å². The minimum atomic E-state index is -0.333. The molecule has 0 bridgehead atoms. The molecule has 0 N–H and O–H groups in total. The van der Waals surface area contributed by atoms with E-state index in [4.69, 9.17) is 0 Å². The van der Waals surface area contributed by atoms with Crippen LogP contribution < -0.4 is 0 Å². The van der Waals surface area contributed by atoms with Crippen LogP contribution in [0.15, 0.2) is 43.0 Å². The van der Waals surface area contributed by atoms with Crippen molar-refractivity contribution in [2.24, 2.45) is 5.41 Å². The average Bonchev–Trinajstić information content (AvgIpc) is 3.23. The zero-order valence-electron chi connectivity index (χ0n) is 15.1. The second-order valence-electron chi connectivity index (χ2n) is 7.54. The number of nitrogens with zero attached hydrogens (tertiary/aromatic N) is 4. The highest BCUT2D eigenvalue weighted by atomic mass is 16.2. The summed E-state index contributed by atoms with van der Waals surface area (Å²) in [4.78, 5) is 33.2. The summed E-state index contributed by atoms with van der Waals surface area (Å²) in [5.74, 6) is 0.151. The lowest BCUT2D eigenvalue weighted by Gasteiger charge is -2.36. The molecular weight excluding hydrogens is 328 g/mol. The maximum Gasteiger partial charge on any atom is 0.242 e. The summed E-state index contributed by atoms with van der Waals surface area (Å²) in [6, 6.07) is 8.24. The first kappa shape index (κ1) is 16.8. The quantitative estimate of drug-likeness (QED) is 0.825. The Bertz CT molecular complexity index is 794. The summed E-state index contributed by atoms with van der Waals surface area (Å²) in [6.45, 7) is 4.72. The van der Waals surface area contributed by atoms with E-state index >= 15 is 0 Å². The normalized spacial score (nSPS) is 18.9. The van der Waals surface area contributed by atoms with E-state index in [2.05, 4.69) is 36.2 Å². The van der Waals surface area contributed by atoms with Crippen molar-refractivity contribution in [1.29, 1.82) is 0 Å². The van der Waals surface area contributed by atoms with Crippen LogP contribution in [0.5, 0.6) is 0 Å². The fraction of sp³-hybridized carbons (Fsp3) is 0.450. The van der Waals surface area contributed by atoms with Crippen LogP contribution in [0.2, 0.25) is 0 Å². The van der Waals surface area contributed by atoms with E-state index in [1.165, 1.54) is 5.56 Å². The van der Waals surface area contributed by atoms with Crippen LogP contribution in [-0.2, 0) is 22.7 Å². The zero-order valence-corrected chi connectivity index (χ0v) is 15.1. The lowest BCUT2D eigenvalue weighted by molar-refractivity contribution is -0.149. The number of benzene rings is 1. The average molecular weight is 352 g/mol. The van der Waals surface area contributed by atoms with Crippen molar-refractivity contribution in [1.82, 2.24) is 19.4 Å². The van der Waals surface area contributed by atoms with Crippen LogP contribution in [0, 0.1) is 12.3 Å². The Hall–Kier alpha value is -2.63. The number of carbonyl (C=O) groups excluding carboxylic acids is 2. The molecular formula is C20H24N4O2. The standard InChI is InChI=1S/C20H24N4O2/c1-16-2-4-17(5-3-16)12-23-10-11-24(13-18(23)25)19(26)20(6-7-20)14-22-9-8-21-15-22/h2-5,8-9,15H,6-7,10-14H2,1H3. The second-order valence-corrected chi connectivity index (χ2v) is 7.54. The number of piperazine rings is 1. The Morgan fingerprint density at radius 2 is 1.96 bits per heavy atom. The predicted octanol–water partition coefficient (Wildman–Crippen LogP) is 1.84. The molecule has 1 saturated carbocycles. The highest BCUT2D eigenvalue weighted by Crippen LogP contribution is 2.48. The molecule has 0 radical (unpaired) electrons. The van der Waals surface area contributed by atoms with Gasteiger partial charge in [0.05, 0.1) is 18.3 Å². The monoisotopic (exact) mass is 352 g/mol. The summed E-state index contributed by atoms with van der Waals surface area (Å²) in [5.41, 5.74) is 2.01. The van der Waals surface area contributed by atoms with Crippen molar-refractivity contribution >= 4 is 11.8 Å². The number of aromatic nitrogens is 2. The highest BCUT2D eigenvalue weighted by molar-refractivity contribution is 5.90. The molecule has 26 heavy (non-hydrogen) atoms. The van der Waals surface area contributed by atoms with Gasteiger partial charge in [-0.15, -0.1) is 0 Å². The van der Waals surface area contributed by atoms with E-state index in [9.17, 15) is 9.59 Å². The third kappa shape index (κ3) is 3.36. The van der Waals surface area contributed by atoms with Crippen molar-refractivity contribution in [3.05, 3.63) is 54.1 Å². The van der Waals surface area contributed by atoms with Gasteiger partial charge in [-0.3, -0.25) is 9.59 Å². The molecule has 0 atom stereocenters. The first-order chi connectivity index (χ1) is 12.6. The molecule has 6 heteroatoms. The first-order valence-corrected chi connectivity index (χ1v) is 9.14. The number of rotatable bonds is 5. The largest absolute Gasteiger partial charge is 0.336 e. The third-order valence-corrected chi connectivity index (χ3v) is 5.45. The third-order valence-electron chi connectivity index (χ3n) is 5.45. The van der Waals surface area contributed by atoms with E-state index in [0.717, 1.165) is 18.4 Å². The Kier molecular flexibility index (Phi) is 4.26. The van der Waals surface area contributed by atoms with Crippen molar-refractivity contribution in [3.63, 3.8) is 0 Å². The molecule has 2 aromatic rings. The smallest absolute Gasteiger partial charge is 0.242 e. The lowest BCUT2D eigenvalue weighted by Crippen LogP contribution is -2.53. The molecule has 1 aromatic heterocycles. The summed E-state index contributed by atoms with van der Waals surface area (Å²) in [6.07, 6.45) is 7.15. The van der Waals surface area contributed by atoms with Gasteiger partial charge in [0.15, 0.2) is 0 Å². The van der Waals surface area contributed by atoms with Crippen LogP contribution in [0.4, 0.5) is 0 Å². The number of carbonyl (C=O) groups is 2. The molecule has 4 rings (SSSR count). The molecule has 1 aliphatic heterocycles. The Labute approximate surface area is 153 Å². The van der Waals surface area contributed by atoms with Gasteiger partial charge in [0.25, 0.3) is 0 Å². The van der Waals surface area contributed by atoms with Crippen LogP contribution in [0.1, 0.15) is 24.0 Å². The van der Waals surface area contributed by atoms with Gasteiger partial charge in [-0.1, -0.05) is 29.8 Å². The molecule has 1 aromatic carbocycles. The lowest BCUT2D eigenvalue weighted by atomic mass is 10.0. The molecule has 2 aliphatic rings. The van der Waals surface area contributed by atoms with Gasteiger partial charge in [0.2, 0.25) is 11.8 Å². The maximum absolute atomic E-state index is 13.0. The topological polar surface area (TPSA) is 58.4 Å². The van der Waals surface area contributed by atoms with Crippen molar-refractivity contribution < 1.29 is 9.59 Å². The molecule has 0 spiro atoms. The molecule has 1 aliphatic carbocycles. The maximum atomic E-state index is 13.0. The van der Waals surface area contributed by atoms with Crippen molar-refractivity contribution in [3.8, 4) is 0 Å². The molecule has 1 saturated heterocycles. The van der Waals surface area contributed by atoms with Gasteiger partial charge >= 0.3 is 0 Å². The second kappa shape index (κ2) is 6.59. The summed E-state index contributed by atoms with van der Waals surface area (Å²) < 4.78 is 1.96. The highest BCUT2D eigenvalue weighted by Gasteiger charge is 2.52. The molecule has 136 valence electrons. The van der Waals surface area contributed by atoms with E-state index in [0.29, 0.717) is 26.2 Å². The number of amides is 2. The van der Waals surface area contributed by atoms with Crippen LogP contribution in [0.25, 0.3) is 0 Å². The van der Waals surface area contributed by atoms with E-state index in [1.807, 2.05) is 15.7 Å². The first-order valence-electron chi connectivity index (χ1n) is 9.14. The summed E-state index contributed by atoms with van der Waals surface area (Å²) in [7, 11) is 0. The Balaban J connectivity index is 1.36. The van der Waals surface area contributed by atoms with Gasteiger partial charge in [-0.05, 0) is 25.3 Å². The molecule has 6 nitrogen and oxygen atoms in total. The summed E-state index contributed by atoms with van der Waals surface area (Å²) in [5, 5.41) is 0. The Morgan fingerprint density at radius 3 is 2.58 bits per heavy atom. The van der Waals surface area contributed by atoms with E-state index < -0.39 is 0 Å². The predicted molar refractivity (Wildman–Crippen MR) is 97.1 cm³/mol. The van der Waals surface area contributed by atoms with Crippen LogP contribution >= 0.6 is 0 Å². The molecule has 2 fully saturated rings. The molecule has 2 amide bonds. The number of hydrogen-bond donors (Lipinski definition) is 0. The van der Waals surface area contributed by atoms with Crippen LogP contribution in [0.3, 0.4) is 0 Å². The summed E-state index contributed by atoms with van der Waals surface area (Å²) >= 11 is 0. The van der Waals surface area contributed by atoms with E-state index in [1.54, 1.807) is 17.4 Å². The fourth-order valence-corrected chi connectivity index (χ4v) is 3.62. The number of aryl methyl sites for hydroxylation is 1. The van der Waals surface area contributed by atoms with Crippen molar-refractivity contribution in [2.75, 3.05) is 19.6 Å². The van der Waals surface area contributed by atoms with Gasteiger partial charge in [-0.2, -0.15) is 0 Å². The number of imidazole rings is 1. The number of hydrogen-bond acceptors (Lipinski definition) is 3. The SMILES string of the molecule is Cc1ccc(CN2CCN(C(=O)C3(Cn4ccnc4)CC3)CC2=O)cc1. The molecule has 2 heterocycles.